The van der Waals surface area contributed by atoms with Gasteiger partial charge in [0.1, 0.15) is 5.60 Å². The second kappa shape index (κ2) is 5.06. The number of benzene rings is 1. The van der Waals surface area contributed by atoms with Crippen LogP contribution in [-0.2, 0) is 20.5 Å². The van der Waals surface area contributed by atoms with Crippen LogP contribution in [0.15, 0.2) is 30.4 Å². The van der Waals surface area contributed by atoms with E-state index in [1.54, 1.807) is 6.08 Å². The lowest BCUT2D eigenvalue weighted by Crippen LogP contribution is -2.43. The highest BCUT2D eigenvalue weighted by molar-refractivity contribution is 6.31. The zero-order valence-corrected chi connectivity index (χ0v) is 13.2. The Morgan fingerprint density at radius 1 is 1.28 bits per heavy atom. The van der Waals surface area contributed by atoms with Gasteiger partial charge in [0.25, 0.3) is 0 Å². The number of alkyl halides is 3. The number of carbonyl (C=O) groups excluding carboxylic acids is 2. The van der Waals surface area contributed by atoms with Gasteiger partial charge in [0.2, 0.25) is 11.8 Å². The van der Waals surface area contributed by atoms with Gasteiger partial charge in [-0.25, -0.2) is 4.90 Å². The van der Waals surface area contributed by atoms with E-state index in [1.165, 1.54) is 12.1 Å². The number of imide groups is 1. The number of hydrogen-bond acceptors (Lipinski definition) is 4. The number of aliphatic hydroxyl groups excluding tert-OH is 1. The van der Waals surface area contributed by atoms with Crippen LogP contribution in [0.5, 0.6) is 0 Å². The van der Waals surface area contributed by atoms with Gasteiger partial charge in [0, 0.05) is 0 Å². The monoisotopic (exact) mass is 373 g/mol. The summed E-state index contributed by atoms with van der Waals surface area (Å²) in [6.45, 7) is -0.498. The number of aliphatic hydroxyl groups is 1. The molecule has 2 saturated heterocycles. The number of anilines is 1. The molecule has 25 heavy (non-hydrogen) atoms. The number of amides is 2. The Balaban J connectivity index is 1.77. The fourth-order valence-corrected chi connectivity index (χ4v) is 4.03. The average molecular weight is 374 g/mol. The summed E-state index contributed by atoms with van der Waals surface area (Å²) in [7, 11) is 0. The van der Waals surface area contributed by atoms with Crippen molar-refractivity contribution in [2.45, 2.75) is 17.9 Å². The lowest BCUT2D eigenvalue weighted by atomic mass is 9.77. The summed E-state index contributed by atoms with van der Waals surface area (Å²) in [5, 5.41) is 9.09. The van der Waals surface area contributed by atoms with E-state index < -0.39 is 58.7 Å². The predicted molar refractivity (Wildman–Crippen MR) is 79.8 cm³/mol. The number of hydrogen-bond donors (Lipinski definition) is 1. The molecule has 3 aliphatic heterocycles. The van der Waals surface area contributed by atoms with Gasteiger partial charge < -0.3 is 9.84 Å². The standard InChI is InChI=1S/C16H11ClF3NO4/c17-9-2-1-7(5-8(9)16(18,19)20)21-13(23)11-10-3-4-15(6-22,25-10)12(11)14(21)24/h1-5,10-12,22H,6H2/t10-,11-,12?,15+/m1/s1. The molecule has 4 atom stereocenters. The normalized spacial score (nSPS) is 33.5. The summed E-state index contributed by atoms with van der Waals surface area (Å²) < 4.78 is 44.7. The molecule has 1 unspecified atom stereocenters. The Labute approximate surface area is 144 Å². The zero-order valence-electron chi connectivity index (χ0n) is 12.5. The smallest absolute Gasteiger partial charge is 0.393 e. The minimum absolute atomic E-state index is 0.200. The first-order valence-corrected chi connectivity index (χ1v) is 7.80. The van der Waals surface area contributed by atoms with E-state index in [9.17, 15) is 27.9 Å². The maximum absolute atomic E-state index is 13.1. The Kier molecular flexibility index (Phi) is 3.35. The summed E-state index contributed by atoms with van der Waals surface area (Å²) in [5.41, 5.74) is -2.62. The lowest BCUT2D eigenvalue weighted by molar-refractivity contribution is -0.137. The van der Waals surface area contributed by atoms with Crippen molar-refractivity contribution in [3.8, 4) is 0 Å². The van der Waals surface area contributed by atoms with Crippen LogP contribution in [0.3, 0.4) is 0 Å². The first-order chi connectivity index (χ1) is 11.7. The Morgan fingerprint density at radius 2 is 2.00 bits per heavy atom. The molecule has 2 bridgehead atoms. The van der Waals surface area contributed by atoms with Crippen LogP contribution >= 0.6 is 11.6 Å². The highest BCUT2D eigenvalue weighted by Gasteiger charge is 2.67. The first kappa shape index (κ1) is 16.6. The number of ether oxygens (including phenoxy) is 1. The zero-order chi connectivity index (χ0) is 18.1. The maximum atomic E-state index is 13.1. The number of carbonyl (C=O) groups is 2. The molecule has 3 heterocycles. The van der Waals surface area contributed by atoms with Gasteiger partial charge in [-0.15, -0.1) is 0 Å². The predicted octanol–water partition coefficient (Wildman–Crippen LogP) is 2.16. The molecule has 5 nitrogen and oxygen atoms in total. The quantitative estimate of drug-likeness (QED) is 0.637. The highest BCUT2D eigenvalue weighted by Crippen LogP contribution is 2.52. The van der Waals surface area contributed by atoms with Gasteiger partial charge >= 0.3 is 6.18 Å². The van der Waals surface area contributed by atoms with Crippen molar-refractivity contribution in [2.24, 2.45) is 11.8 Å². The van der Waals surface area contributed by atoms with Crippen molar-refractivity contribution < 1.29 is 32.6 Å². The molecule has 4 rings (SSSR count). The van der Waals surface area contributed by atoms with Crippen LogP contribution in [0.4, 0.5) is 18.9 Å². The van der Waals surface area contributed by atoms with E-state index >= 15 is 0 Å². The minimum atomic E-state index is -4.72. The molecule has 0 spiro atoms. The van der Waals surface area contributed by atoms with E-state index in [-0.39, 0.29) is 5.69 Å². The summed E-state index contributed by atoms with van der Waals surface area (Å²) in [4.78, 5) is 26.2. The molecule has 0 saturated carbocycles. The molecule has 1 aromatic carbocycles. The maximum Gasteiger partial charge on any atom is 0.417 e. The Morgan fingerprint density at radius 3 is 2.64 bits per heavy atom. The van der Waals surface area contributed by atoms with E-state index in [1.807, 2.05) is 0 Å². The minimum Gasteiger partial charge on any atom is -0.393 e. The third-order valence-electron chi connectivity index (χ3n) is 4.92. The number of rotatable bonds is 2. The van der Waals surface area contributed by atoms with Gasteiger partial charge in [-0.3, -0.25) is 9.59 Å². The van der Waals surface area contributed by atoms with E-state index in [0.29, 0.717) is 6.07 Å². The van der Waals surface area contributed by atoms with Crippen molar-refractivity contribution in [3.63, 3.8) is 0 Å². The molecule has 132 valence electrons. The number of nitrogens with zero attached hydrogens (tertiary/aromatic N) is 1. The van der Waals surface area contributed by atoms with Crippen LogP contribution in [0.1, 0.15) is 5.56 Å². The SMILES string of the molecule is O=C1C2[C@H](C(=O)N1c1ccc(Cl)c(C(F)(F)F)c1)[C@H]1C=C[C@@]2(CO)O1. The van der Waals surface area contributed by atoms with Crippen LogP contribution in [0.2, 0.25) is 5.02 Å². The largest absolute Gasteiger partial charge is 0.417 e. The van der Waals surface area contributed by atoms with Crippen LogP contribution in [0, 0.1) is 11.8 Å². The number of fused-ring (bicyclic) bond motifs is 5. The first-order valence-electron chi connectivity index (χ1n) is 7.42. The Hall–Kier alpha value is -1.90. The summed E-state index contributed by atoms with van der Waals surface area (Å²) >= 11 is 5.59. The molecule has 2 amide bonds. The number of halogens is 4. The highest BCUT2D eigenvalue weighted by atomic mass is 35.5. The second-order valence-electron chi connectivity index (χ2n) is 6.23. The van der Waals surface area contributed by atoms with Gasteiger partial charge in [-0.1, -0.05) is 23.8 Å². The summed E-state index contributed by atoms with van der Waals surface area (Å²) in [6.07, 6.45) is -2.26. The fourth-order valence-electron chi connectivity index (χ4n) is 3.81. The molecule has 0 aromatic heterocycles. The van der Waals surface area contributed by atoms with Crippen molar-refractivity contribution >= 4 is 29.1 Å². The third kappa shape index (κ3) is 2.11. The molecule has 1 aromatic rings. The Bertz CT molecular complexity index is 824. The van der Waals surface area contributed by atoms with E-state index in [0.717, 1.165) is 11.0 Å². The molecule has 3 aliphatic rings. The van der Waals surface area contributed by atoms with Gasteiger partial charge in [0.05, 0.1) is 40.8 Å². The van der Waals surface area contributed by atoms with Crippen LogP contribution < -0.4 is 4.90 Å². The fraction of sp³-hybridized carbons (Fsp3) is 0.375. The van der Waals surface area contributed by atoms with Crippen molar-refractivity contribution in [1.29, 1.82) is 0 Å². The van der Waals surface area contributed by atoms with E-state index in [4.69, 9.17) is 16.3 Å². The lowest BCUT2D eigenvalue weighted by Gasteiger charge is -2.26. The molecule has 0 radical (unpaired) electrons. The molecule has 0 aliphatic carbocycles. The third-order valence-corrected chi connectivity index (χ3v) is 5.25. The second-order valence-corrected chi connectivity index (χ2v) is 6.64. The van der Waals surface area contributed by atoms with E-state index in [2.05, 4.69) is 0 Å². The molecule has 9 heteroatoms. The average Bonchev–Trinajstić information content (AvgIpc) is 3.18. The van der Waals surface area contributed by atoms with Crippen molar-refractivity contribution in [1.82, 2.24) is 0 Å². The van der Waals surface area contributed by atoms with Crippen LogP contribution in [0.25, 0.3) is 0 Å². The van der Waals surface area contributed by atoms with Gasteiger partial charge in [-0.2, -0.15) is 13.2 Å². The molecule has 1 N–H and O–H groups in total. The molecular formula is C16H11ClF3NO4. The molecular weight excluding hydrogens is 363 g/mol. The van der Waals surface area contributed by atoms with Crippen LogP contribution in [-0.4, -0.2) is 35.2 Å². The summed E-state index contributed by atoms with van der Waals surface area (Å²) in [6, 6.07) is 2.87. The van der Waals surface area contributed by atoms with Crippen molar-refractivity contribution in [3.05, 3.63) is 40.9 Å². The van der Waals surface area contributed by atoms with Crippen molar-refractivity contribution in [2.75, 3.05) is 11.5 Å². The summed E-state index contributed by atoms with van der Waals surface area (Å²) in [5.74, 6) is -3.14. The van der Waals surface area contributed by atoms with Gasteiger partial charge in [-0.05, 0) is 18.2 Å². The molecule has 2 fully saturated rings. The van der Waals surface area contributed by atoms with Gasteiger partial charge in [0.15, 0.2) is 0 Å². The topological polar surface area (TPSA) is 66.8 Å².